The molecule has 94 valence electrons. The Morgan fingerprint density at radius 1 is 1.31 bits per heavy atom. The van der Waals surface area contributed by atoms with Crippen molar-refractivity contribution in [1.29, 1.82) is 0 Å². The SMILES string of the molecule is CCCC1CCC(C(=O)O)C(C(C)(C)C)C1. The van der Waals surface area contributed by atoms with E-state index in [1.165, 1.54) is 12.8 Å². The normalized spacial score (nSPS) is 31.4. The van der Waals surface area contributed by atoms with Crippen molar-refractivity contribution in [2.24, 2.45) is 23.2 Å². The lowest BCUT2D eigenvalue weighted by Crippen LogP contribution is -2.38. The fraction of sp³-hybridized carbons (Fsp3) is 0.929. The summed E-state index contributed by atoms with van der Waals surface area (Å²) in [6.45, 7) is 8.77. The van der Waals surface area contributed by atoms with Gasteiger partial charge in [-0.05, 0) is 36.5 Å². The molecule has 0 bridgehead atoms. The monoisotopic (exact) mass is 226 g/mol. The molecule has 0 aromatic rings. The van der Waals surface area contributed by atoms with Gasteiger partial charge in [0.05, 0.1) is 5.92 Å². The molecule has 0 aromatic heterocycles. The van der Waals surface area contributed by atoms with E-state index in [9.17, 15) is 9.90 Å². The van der Waals surface area contributed by atoms with E-state index < -0.39 is 5.97 Å². The van der Waals surface area contributed by atoms with E-state index in [4.69, 9.17) is 0 Å². The van der Waals surface area contributed by atoms with Gasteiger partial charge in [0.1, 0.15) is 0 Å². The van der Waals surface area contributed by atoms with E-state index in [2.05, 4.69) is 27.7 Å². The van der Waals surface area contributed by atoms with E-state index in [1.54, 1.807) is 0 Å². The molecular weight excluding hydrogens is 200 g/mol. The molecular formula is C14H26O2. The van der Waals surface area contributed by atoms with Gasteiger partial charge in [-0.1, -0.05) is 40.5 Å². The van der Waals surface area contributed by atoms with E-state index in [0.717, 1.165) is 25.2 Å². The van der Waals surface area contributed by atoms with Crippen molar-refractivity contribution in [1.82, 2.24) is 0 Å². The number of rotatable bonds is 3. The molecule has 0 amide bonds. The molecule has 0 aromatic carbocycles. The van der Waals surface area contributed by atoms with E-state index in [-0.39, 0.29) is 11.3 Å². The van der Waals surface area contributed by atoms with Gasteiger partial charge in [0.15, 0.2) is 0 Å². The molecule has 2 nitrogen and oxygen atoms in total. The first-order valence-electron chi connectivity index (χ1n) is 6.59. The molecule has 0 saturated heterocycles. The summed E-state index contributed by atoms with van der Waals surface area (Å²) in [7, 11) is 0. The average molecular weight is 226 g/mol. The van der Waals surface area contributed by atoms with Gasteiger partial charge >= 0.3 is 5.97 Å². The quantitative estimate of drug-likeness (QED) is 0.791. The molecule has 0 heterocycles. The minimum absolute atomic E-state index is 0.117. The standard InChI is InChI=1S/C14H26O2/c1-5-6-10-7-8-11(13(15)16)12(9-10)14(2,3)4/h10-12H,5-9H2,1-4H3,(H,15,16). The lowest BCUT2D eigenvalue weighted by atomic mass is 9.63. The second kappa shape index (κ2) is 5.20. The Balaban J connectivity index is 2.74. The van der Waals surface area contributed by atoms with Gasteiger partial charge in [-0.2, -0.15) is 0 Å². The van der Waals surface area contributed by atoms with Gasteiger partial charge in [0, 0.05) is 0 Å². The number of carboxylic acid groups (broad SMARTS) is 1. The van der Waals surface area contributed by atoms with Gasteiger partial charge in [-0.3, -0.25) is 4.79 Å². The fourth-order valence-corrected chi connectivity index (χ4v) is 3.18. The third-order valence-corrected chi connectivity index (χ3v) is 4.09. The largest absolute Gasteiger partial charge is 0.481 e. The van der Waals surface area contributed by atoms with Crippen molar-refractivity contribution in [2.45, 2.75) is 59.8 Å². The van der Waals surface area contributed by atoms with Gasteiger partial charge in [-0.25, -0.2) is 0 Å². The molecule has 1 rings (SSSR count). The summed E-state index contributed by atoms with van der Waals surface area (Å²) >= 11 is 0. The van der Waals surface area contributed by atoms with Crippen molar-refractivity contribution < 1.29 is 9.90 Å². The van der Waals surface area contributed by atoms with Gasteiger partial charge in [-0.15, -0.1) is 0 Å². The zero-order chi connectivity index (χ0) is 12.3. The summed E-state index contributed by atoms with van der Waals surface area (Å²) < 4.78 is 0. The van der Waals surface area contributed by atoms with Crippen LogP contribution in [0.15, 0.2) is 0 Å². The molecule has 1 fully saturated rings. The molecule has 3 unspecified atom stereocenters. The van der Waals surface area contributed by atoms with Crippen molar-refractivity contribution >= 4 is 5.97 Å². The number of hydrogen-bond donors (Lipinski definition) is 1. The maximum atomic E-state index is 11.3. The first-order valence-corrected chi connectivity index (χ1v) is 6.59. The number of hydrogen-bond acceptors (Lipinski definition) is 1. The molecule has 1 saturated carbocycles. The Labute approximate surface area is 99.4 Å². The Morgan fingerprint density at radius 3 is 2.38 bits per heavy atom. The van der Waals surface area contributed by atoms with Crippen LogP contribution in [0.4, 0.5) is 0 Å². The summed E-state index contributed by atoms with van der Waals surface area (Å²) in [6, 6.07) is 0. The highest BCUT2D eigenvalue weighted by molar-refractivity contribution is 5.70. The Hall–Kier alpha value is -0.530. The minimum atomic E-state index is -0.588. The molecule has 0 spiro atoms. The first kappa shape index (κ1) is 13.5. The van der Waals surface area contributed by atoms with Crippen LogP contribution in [0.25, 0.3) is 0 Å². The molecule has 3 atom stereocenters. The van der Waals surface area contributed by atoms with E-state index >= 15 is 0 Å². The van der Waals surface area contributed by atoms with E-state index in [0.29, 0.717) is 5.92 Å². The van der Waals surface area contributed by atoms with Crippen LogP contribution >= 0.6 is 0 Å². The Bertz CT molecular complexity index is 240. The molecule has 0 radical (unpaired) electrons. The highest BCUT2D eigenvalue weighted by Gasteiger charge is 2.40. The van der Waals surface area contributed by atoms with Gasteiger partial charge < -0.3 is 5.11 Å². The topological polar surface area (TPSA) is 37.3 Å². The zero-order valence-electron chi connectivity index (χ0n) is 11.1. The fourth-order valence-electron chi connectivity index (χ4n) is 3.18. The predicted octanol–water partition coefficient (Wildman–Crippen LogP) is 3.95. The van der Waals surface area contributed by atoms with E-state index in [1.807, 2.05) is 0 Å². The average Bonchev–Trinajstić information content (AvgIpc) is 2.16. The molecule has 1 N–H and O–H groups in total. The van der Waals surface area contributed by atoms with Crippen molar-refractivity contribution in [3.8, 4) is 0 Å². The Kier molecular flexibility index (Phi) is 4.40. The lowest BCUT2D eigenvalue weighted by Gasteiger charge is -2.41. The van der Waals surface area contributed by atoms with Crippen LogP contribution in [0.5, 0.6) is 0 Å². The third kappa shape index (κ3) is 3.23. The summed E-state index contributed by atoms with van der Waals surface area (Å²) in [5.74, 6) is 0.392. The molecule has 1 aliphatic rings. The predicted molar refractivity (Wildman–Crippen MR) is 66.3 cm³/mol. The molecule has 1 aliphatic carbocycles. The minimum Gasteiger partial charge on any atom is -0.481 e. The summed E-state index contributed by atoms with van der Waals surface area (Å²) in [5, 5.41) is 9.29. The van der Waals surface area contributed by atoms with Crippen LogP contribution in [0.3, 0.4) is 0 Å². The first-order chi connectivity index (χ1) is 7.36. The zero-order valence-corrected chi connectivity index (χ0v) is 11.1. The van der Waals surface area contributed by atoms with Gasteiger partial charge in [0.25, 0.3) is 0 Å². The van der Waals surface area contributed by atoms with Crippen LogP contribution in [0.1, 0.15) is 59.8 Å². The molecule has 2 heteroatoms. The second-order valence-electron chi connectivity index (χ2n) is 6.39. The van der Waals surface area contributed by atoms with Crippen molar-refractivity contribution in [2.75, 3.05) is 0 Å². The Morgan fingerprint density at radius 2 is 1.94 bits per heavy atom. The summed E-state index contributed by atoms with van der Waals surface area (Å²) in [4.78, 5) is 11.3. The third-order valence-electron chi connectivity index (χ3n) is 4.09. The van der Waals surface area contributed by atoms with Crippen molar-refractivity contribution in [3.63, 3.8) is 0 Å². The molecule has 0 aliphatic heterocycles. The highest BCUT2D eigenvalue weighted by Crippen LogP contribution is 2.45. The van der Waals surface area contributed by atoms with Crippen LogP contribution in [-0.2, 0) is 4.79 Å². The maximum Gasteiger partial charge on any atom is 0.306 e. The van der Waals surface area contributed by atoms with Crippen molar-refractivity contribution in [3.05, 3.63) is 0 Å². The number of carbonyl (C=O) groups is 1. The van der Waals surface area contributed by atoms with Crippen LogP contribution < -0.4 is 0 Å². The second-order valence-corrected chi connectivity index (χ2v) is 6.39. The van der Waals surface area contributed by atoms with Gasteiger partial charge in [0.2, 0.25) is 0 Å². The lowest BCUT2D eigenvalue weighted by molar-refractivity contribution is -0.147. The summed E-state index contributed by atoms with van der Waals surface area (Å²) in [5.41, 5.74) is 0.121. The highest BCUT2D eigenvalue weighted by atomic mass is 16.4. The number of aliphatic carboxylic acids is 1. The smallest absolute Gasteiger partial charge is 0.306 e. The van der Waals surface area contributed by atoms with Crippen LogP contribution in [-0.4, -0.2) is 11.1 Å². The summed E-state index contributed by atoms with van der Waals surface area (Å²) in [6.07, 6.45) is 5.58. The van der Waals surface area contributed by atoms with Crippen LogP contribution in [0.2, 0.25) is 0 Å². The number of carboxylic acids is 1. The van der Waals surface area contributed by atoms with Crippen LogP contribution in [0, 0.1) is 23.2 Å². The molecule has 16 heavy (non-hydrogen) atoms. The maximum absolute atomic E-state index is 11.3.